The van der Waals surface area contributed by atoms with Crippen molar-refractivity contribution in [3.05, 3.63) is 0 Å². The molecule has 0 amide bonds. The van der Waals surface area contributed by atoms with E-state index in [0.717, 1.165) is 13.0 Å². The van der Waals surface area contributed by atoms with Crippen LogP contribution in [-0.4, -0.2) is 49.7 Å². The zero-order chi connectivity index (χ0) is 13.5. The van der Waals surface area contributed by atoms with Crippen LogP contribution in [-0.2, 0) is 19.1 Å². The third-order valence-electron chi connectivity index (χ3n) is 3.01. The van der Waals surface area contributed by atoms with Crippen molar-refractivity contribution >= 4 is 11.9 Å². The molecule has 1 fully saturated rings. The zero-order valence-electron chi connectivity index (χ0n) is 11.5. The summed E-state index contributed by atoms with van der Waals surface area (Å²) >= 11 is 0. The van der Waals surface area contributed by atoms with Crippen LogP contribution in [0.15, 0.2) is 0 Å². The van der Waals surface area contributed by atoms with Crippen molar-refractivity contribution < 1.29 is 19.1 Å². The number of rotatable bonds is 5. The summed E-state index contributed by atoms with van der Waals surface area (Å²) in [5, 5.41) is 0. The molecule has 1 aliphatic heterocycles. The van der Waals surface area contributed by atoms with Crippen molar-refractivity contribution in [3.8, 4) is 0 Å². The lowest BCUT2D eigenvalue weighted by Gasteiger charge is -2.34. The number of piperidine rings is 1. The molecule has 2 unspecified atom stereocenters. The van der Waals surface area contributed by atoms with Crippen LogP contribution < -0.4 is 0 Å². The number of ether oxygens (including phenoxy) is 2. The highest BCUT2D eigenvalue weighted by Gasteiger charge is 2.31. The van der Waals surface area contributed by atoms with E-state index in [9.17, 15) is 9.59 Å². The normalized spacial score (nSPS) is 24.6. The van der Waals surface area contributed by atoms with Crippen molar-refractivity contribution in [1.82, 2.24) is 4.90 Å². The van der Waals surface area contributed by atoms with Crippen LogP contribution in [0.4, 0.5) is 0 Å². The van der Waals surface area contributed by atoms with Gasteiger partial charge in [-0.1, -0.05) is 6.92 Å². The summed E-state index contributed by atoms with van der Waals surface area (Å²) < 4.78 is 9.98. The molecule has 1 aliphatic rings. The molecule has 0 aromatic rings. The highest BCUT2D eigenvalue weighted by molar-refractivity contribution is 5.74. The predicted molar refractivity (Wildman–Crippen MR) is 67.0 cm³/mol. The quantitative estimate of drug-likeness (QED) is 0.690. The van der Waals surface area contributed by atoms with E-state index in [1.54, 1.807) is 13.8 Å². The Bertz CT molecular complexity index is 293. The Morgan fingerprint density at radius 1 is 1.17 bits per heavy atom. The van der Waals surface area contributed by atoms with E-state index in [1.165, 1.54) is 0 Å². The molecule has 2 atom stereocenters. The van der Waals surface area contributed by atoms with Crippen LogP contribution in [0, 0.1) is 11.8 Å². The molecular formula is C13H23NO4. The predicted octanol–water partition coefficient (Wildman–Crippen LogP) is 1.07. The van der Waals surface area contributed by atoms with Gasteiger partial charge in [-0.25, -0.2) is 0 Å². The average Bonchev–Trinajstić information content (AvgIpc) is 2.28. The standard InChI is InChI=1S/C13H23NO4/c1-4-17-12(15)9-14-7-10(3)6-11(8-14)13(16)18-5-2/h10-11H,4-9H2,1-3H3. The molecule has 0 aromatic heterocycles. The van der Waals surface area contributed by atoms with E-state index in [4.69, 9.17) is 9.47 Å². The van der Waals surface area contributed by atoms with E-state index >= 15 is 0 Å². The molecule has 0 spiro atoms. The fourth-order valence-electron chi connectivity index (χ4n) is 2.41. The average molecular weight is 257 g/mol. The number of esters is 2. The SMILES string of the molecule is CCOC(=O)CN1CC(C)CC(C(=O)OCC)C1. The summed E-state index contributed by atoms with van der Waals surface area (Å²) in [5.74, 6) is -0.113. The van der Waals surface area contributed by atoms with Crippen molar-refractivity contribution in [3.63, 3.8) is 0 Å². The Morgan fingerprint density at radius 2 is 1.83 bits per heavy atom. The number of hydrogen-bond acceptors (Lipinski definition) is 5. The van der Waals surface area contributed by atoms with Crippen molar-refractivity contribution in [2.45, 2.75) is 27.2 Å². The summed E-state index contributed by atoms with van der Waals surface area (Å²) in [7, 11) is 0. The molecule has 0 bridgehead atoms. The van der Waals surface area contributed by atoms with E-state index in [-0.39, 0.29) is 24.4 Å². The molecule has 0 saturated carbocycles. The lowest BCUT2D eigenvalue weighted by atomic mass is 9.90. The maximum atomic E-state index is 11.7. The maximum Gasteiger partial charge on any atom is 0.320 e. The second-order valence-electron chi connectivity index (χ2n) is 4.79. The van der Waals surface area contributed by atoms with Gasteiger partial charge in [0.2, 0.25) is 0 Å². The van der Waals surface area contributed by atoms with Crippen LogP contribution in [0.1, 0.15) is 27.2 Å². The molecule has 0 aliphatic carbocycles. The van der Waals surface area contributed by atoms with Crippen LogP contribution in [0.3, 0.4) is 0 Å². The van der Waals surface area contributed by atoms with Gasteiger partial charge in [-0.05, 0) is 26.2 Å². The van der Waals surface area contributed by atoms with Gasteiger partial charge in [0, 0.05) is 13.1 Å². The second kappa shape index (κ2) is 7.36. The maximum absolute atomic E-state index is 11.7. The van der Waals surface area contributed by atoms with Gasteiger partial charge in [0.15, 0.2) is 0 Å². The van der Waals surface area contributed by atoms with Gasteiger partial charge in [-0.3, -0.25) is 14.5 Å². The monoisotopic (exact) mass is 257 g/mol. The lowest BCUT2D eigenvalue weighted by molar-refractivity contribution is -0.153. The summed E-state index contributed by atoms with van der Waals surface area (Å²) in [6.07, 6.45) is 0.832. The molecule has 104 valence electrons. The Balaban J connectivity index is 2.50. The van der Waals surface area contributed by atoms with Gasteiger partial charge in [-0.2, -0.15) is 0 Å². The Morgan fingerprint density at radius 3 is 2.44 bits per heavy atom. The van der Waals surface area contributed by atoms with Crippen molar-refractivity contribution in [1.29, 1.82) is 0 Å². The summed E-state index contributed by atoms with van der Waals surface area (Å²) in [6, 6.07) is 0. The third-order valence-corrected chi connectivity index (χ3v) is 3.01. The van der Waals surface area contributed by atoms with Gasteiger partial charge >= 0.3 is 11.9 Å². The fraction of sp³-hybridized carbons (Fsp3) is 0.846. The van der Waals surface area contributed by atoms with E-state index < -0.39 is 0 Å². The molecule has 5 heteroatoms. The number of carbonyl (C=O) groups excluding carboxylic acids is 2. The molecule has 1 saturated heterocycles. The van der Waals surface area contributed by atoms with Crippen LogP contribution in [0.25, 0.3) is 0 Å². The molecular weight excluding hydrogens is 234 g/mol. The molecule has 1 heterocycles. The first-order valence-electron chi connectivity index (χ1n) is 6.61. The smallest absolute Gasteiger partial charge is 0.320 e. The minimum atomic E-state index is -0.228. The molecule has 1 rings (SSSR count). The second-order valence-corrected chi connectivity index (χ2v) is 4.79. The topological polar surface area (TPSA) is 55.8 Å². The third kappa shape index (κ3) is 4.64. The van der Waals surface area contributed by atoms with E-state index in [1.807, 2.05) is 4.90 Å². The van der Waals surface area contributed by atoms with Crippen LogP contribution >= 0.6 is 0 Å². The molecule has 5 nitrogen and oxygen atoms in total. The highest BCUT2D eigenvalue weighted by atomic mass is 16.5. The number of hydrogen-bond donors (Lipinski definition) is 0. The van der Waals surface area contributed by atoms with Gasteiger partial charge in [0.05, 0.1) is 25.7 Å². The first-order chi connectivity index (χ1) is 8.56. The van der Waals surface area contributed by atoms with E-state index in [0.29, 0.717) is 25.7 Å². The highest BCUT2D eigenvalue weighted by Crippen LogP contribution is 2.22. The van der Waals surface area contributed by atoms with E-state index in [2.05, 4.69) is 6.92 Å². The number of carbonyl (C=O) groups is 2. The minimum Gasteiger partial charge on any atom is -0.466 e. The molecule has 0 radical (unpaired) electrons. The molecule has 18 heavy (non-hydrogen) atoms. The summed E-state index contributed by atoms with van der Waals surface area (Å²) in [6.45, 7) is 8.15. The van der Waals surface area contributed by atoms with Crippen molar-refractivity contribution in [2.24, 2.45) is 11.8 Å². The zero-order valence-corrected chi connectivity index (χ0v) is 11.5. The largest absolute Gasteiger partial charge is 0.466 e. The van der Waals surface area contributed by atoms with Crippen LogP contribution in [0.2, 0.25) is 0 Å². The van der Waals surface area contributed by atoms with Gasteiger partial charge < -0.3 is 9.47 Å². The molecule has 0 aromatic carbocycles. The summed E-state index contributed by atoms with van der Waals surface area (Å²) in [4.78, 5) is 25.2. The summed E-state index contributed by atoms with van der Waals surface area (Å²) in [5.41, 5.74) is 0. The lowest BCUT2D eigenvalue weighted by Crippen LogP contribution is -2.45. The van der Waals surface area contributed by atoms with Gasteiger partial charge in [-0.15, -0.1) is 0 Å². The molecule has 0 N–H and O–H groups in total. The van der Waals surface area contributed by atoms with Crippen molar-refractivity contribution in [2.75, 3.05) is 32.8 Å². The first-order valence-corrected chi connectivity index (χ1v) is 6.61. The van der Waals surface area contributed by atoms with Gasteiger partial charge in [0.25, 0.3) is 0 Å². The Kier molecular flexibility index (Phi) is 6.12. The Labute approximate surface area is 108 Å². The Hall–Kier alpha value is -1.10. The first kappa shape index (κ1) is 15.0. The number of likely N-dealkylation sites (tertiary alicyclic amines) is 1. The fourth-order valence-corrected chi connectivity index (χ4v) is 2.41. The number of nitrogens with zero attached hydrogens (tertiary/aromatic N) is 1. The minimum absolute atomic E-state index is 0.122. The van der Waals surface area contributed by atoms with Crippen LogP contribution in [0.5, 0.6) is 0 Å². The van der Waals surface area contributed by atoms with Gasteiger partial charge in [0.1, 0.15) is 0 Å².